The third-order valence-corrected chi connectivity index (χ3v) is 5.73. The van der Waals surface area contributed by atoms with E-state index in [4.69, 9.17) is 0 Å². The second-order valence-electron chi connectivity index (χ2n) is 6.95. The summed E-state index contributed by atoms with van der Waals surface area (Å²) in [5.41, 5.74) is 1.84. The lowest BCUT2D eigenvalue weighted by Crippen LogP contribution is -2.38. The van der Waals surface area contributed by atoms with Crippen LogP contribution >= 0.6 is 11.3 Å². The van der Waals surface area contributed by atoms with Gasteiger partial charge < -0.3 is 10.2 Å². The van der Waals surface area contributed by atoms with Crippen LogP contribution in [0.15, 0.2) is 41.8 Å². The van der Waals surface area contributed by atoms with E-state index in [-0.39, 0.29) is 5.91 Å². The Kier molecular flexibility index (Phi) is 6.10. The van der Waals surface area contributed by atoms with Gasteiger partial charge in [0.2, 0.25) is 0 Å². The van der Waals surface area contributed by atoms with E-state index in [1.54, 1.807) is 0 Å². The lowest BCUT2D eigenvalue weighted by molar-refractivity contribution is 0.0935. The first-order valence-corrected chi connectivity index (χ1v) is 9.80. The highest BCUT2D eigenvalue weighted by Crippen LogP contribution is 2.20. The molecule has 5 heteroatoms. The first-order chi connectivity index (χ1) is 12.1. The largest absolute Gasteiger partial charge is 0.378 e. The van der Waals surface area contributed by atoms with Crippen LogP contribution in [0.1, 0.15) is 28.1 Å². The fraction of sp³-hybridized carbons (Fsp3) is 0.450. The number of anilines is 1. The van der Waals surface area contributed by atoms with Crippen molar-refractivity contribution in [2.75, 3.05) is 38.6 Å². The number of nitrogens with zero attached hydrogens (tertiary/aromatic N) is 2. The van der Waals surface area contributed by atoms with Crippen LogP contribution < -0.4 is 10.2 Å². The van der Waals surface area contributed by atoms with E-state index < -0.39 is 0 Å². The molecule has 0 spiro atoms. The van der Waals surface area contributed by atoms with E-state index in [9.17, 15) is 4.79 Å². The zero-order valence-electron chi connectivity index (χ0n) is 15.1. The highest BCUT2D eigenvalue weighted by atomic mass is 32.1. The van der Waals surface area contributed by atoms with E-state index in [0.29, 0.717) is 5.92 Å². The van der Waals surface area contributed by atoms with Crippen molar-refractivity contribution in [3.05, 3.63) is 52.2 Å². The van der Waals surface area contributed by atoms with Crippen LogP contribution in [0.2, 0.25) is 0 Å². The molecule has 1 saturated heterocycles. The zero-order chi connectivity index (χ0) is 17.6. The van der Waals surface area contributed by atoms with Gasteiger partial charge in [-0.3, -0.25) is 9.69 Å². The molecule has 0 saturated carbocycles. The number of hydrogen-bond acceptors (Lipinski definition) is 4. The average molecular weight is 358 g/mol. The van der Waals surface area contributed by atoms with Gasteiger partial charge in [0.15, 0.2) is 0 Å². The zero-order valence-corrected chi connectivity index (χ0v) is 15.9. The van der Waals surface area contributed by atoms with Gasteiger partial charge in [-0.2, -0.15) is 0 Å². The van der Waals surface area contributed by atoms with Gasteiger partial charge in [0.1, 0.15) is 0 Å². The predicted octanol–water partition coefficient (Wildman–Crippen LogP) is 3.46. The molecule has 1 aromatic carbocycles. The minimum Gasteiger partial charge on any atom is -0.378 e. The molecule has 0 aliphatic carbocycles. The van der Waals surface area contributed by atoms with Gasteiger partial charge in [-0.1, -0.05) is 6.07 Å². The first kappa shape index (κ1) is 18.0. The maximum atomic E-state index is 12.3. The number of carbonyl (C=O) groups is 1. The molecule has 3 rings (SSSR count). The van der Waals surface area contributed by atoms with E-state index in [2.05, 4.69) is 27.7 Å². The summed E-state index contributed by atoms with van der Waals surface area (Å²) in [7, 11) is 4.00. The predicted molar refractivity (Wildman–Crippen MR) is 105 cm³/mol. The topological polar surface area (TPSA) is 35.6 Å². The normalized spacial score (nSPS) is 15.9. The van der Waals surface area contributed by atoms with E-state index in [1.807, 2.05) is 54.6 Å². The maximum absolute atomic E-state index is 12.3. The van der Waals surface area contributed by atoms with Crippen molar-refractivity contribution >= 4 is 22.9 Å². The van der Waals surface area contributed by atoms with Gasteiger partial charge in [0, 0.05) is 43.3 Å². The van der Waals surface area contributed by atoms with Crippen LogP contribution in [0.25, 0.3) is 0 Å². The molecule has 1 fully saturated rings. The van der Waals surface area contributed by atoms with Crippen molar-refractivity contribution in [3.63, 3.8) is 0 Å². The summed E-state index contributed by atoms with van der Waals surface area (Å²) in [4.78, 5) is 18.3. The molecule has 1 aliphatic heterocycles. The molecule has 134 valence electrons. The third kappa shape index (κ3) is 5.06. The number of amides is 1. The van der Waals surface area contributed by atoms with Gasteiger partial charge in [-0.15, -0.1) is 11.3 Å². The average Bonchev–Trinajstić information content (AvgIpc) is 3.14. The van der Waals surface area contributed by atoms with Gasteiger partial charge >= 0.3 is 0 Å². The first-order valence-electron chi connectivity index (χ1n) is 8.92. The molecule has 0 unspecified atom stereocenters. The molecule has 0 bridgehead atoms. The van der Waals surface area contributed by atoms with Crippen LogP contribution in [0.4, 0.5) is 5.69 Å². The van der Waals surface area contributed by atoms with Crippen LogP contribution in [0, 0.1) is 5.92 Å². The Balaban J connectivity index is 1.41. The number of likely N-dealkylation sites (tertiary alicyclic amines) is 1. The lowest BCUT2D eigenvalue weighted by Gasteiger charge is -2.31. The smallest absolute Gasteiger partial charge is 0.251 e. The SMILES string of the molecule is CN(C)c1ccc(C(=O)NCC2CCN(Cc3cccs3)CC2)cc1. The van der Waals surface area contributed by atoms with Crippen molar-refractivity contribution in [3.8, 4) is 0 Å². The molecule has 1 aromatic heterocycles. The quantitative estimate of drug-likeness (QED) is 0.860. The Hall–Kier alpha value is -1.85. The molecule has 1 aliphatic rings. The minimum absolute atomic E-state index is 0.0336. The van der Waals surface area contributed by atoms with Crippen molar-refractivity contribution < 1.29 is 4.79 Å². The van der Waals surface area contributed by atoms with Crippen molar-refractivity contribution in [1.29, 1.82) is 0 Å². The second kappa shape index (κ2) is 8.50. The summed E-state index contributed by atoms with van der Waals surface area (Å²) >= 11 is 1.83. The summed E-state index contributed by atoms with van der Waals surface area (Å²) < 4.78 is 0. The molecule has 2 heterocycles. The van der Waals surface area contributed by atoms with Crippen molar-refractivity contribution in [2.45, 2.75) is 19.4 Å². The highest BCUT2D eigenvalue weighted by Gasteiger charge is 2.20. The number of piperidine rings is 1. The Bertz CT molecular complexity index is 659. The third-order valence-electron chi connectivity index (χ3n) is 4.86. The number of rotatable bonds is 6. The molecule has 4 nitrogen and oxygen atoms in total. The van der Waals surface area contributed by atoms with Gasteiger partial charge in [0.25, 0.3) is 5.91 Å². The molecule has 1 N–H and O–H groups in total. The number of nitrogens with one attached hydrogen (secondary N) is 1. The Morgan fingerprint density at radius 3 is 2.52 bits per heavy atom. The lowest BCUT2D eigenvalue weighted by atomic mass is 9.96. The molecule has 0 atom stereocenters. The standard InChI is InChI=1S/C20H27N3OS/c1-22(2)18-7-5-17(6-8-18)20(24)21-14-16-9-11-23(12-10-16)15-19-4-3-13-25-19/h3-8,13,16H,9-12,14-15H2,1-2H3,(H,21,24). The second-order valence-corrected chi connectivity index (χ2v) is 7.98. The molecular formula is C20H27N3OS. The summed E-state index contributed by atoms with van der Waals surface area (Å²) in [6.45, 7) is 4.09. The van der Waals surface area contributed by atoms with Gasteiger partial charge in [-0.25, -0.2) is 0 Å². The minimum atomic E-state index is 0.0336. The number of hydrogen-bond donors (Lipinski definition) is 1. The van der Waals surface area contributed by atoms with Gasteiger partial charge in [-0.05, 0) is 67.6 Å². The number of thiophene rings is 1. The molecule has 1 amide bonds. The Morgan fingerprint density at radius 1 is 1.20 bits per heavy atom. The maximum Gasteiger partial charge on any atom is 0.251 e. The molecule has 25 heavy (non-hydrogen) atoms. The van der Waals surface area contributed by atoms with E-state index in [1.165, 1.54) is 4.88 Å². The fourth-order valence-corrected chi connectivity index (χ4v) is 3.97. The number of benzene rings is 1. The van der Waals surface area contributed by atoms with Crippen LogP contribution in [0.5, 0.6) is 0 Å². The van der Waals surface area contributed by atoms with Crippen molar-refractivity contribution in [1.82, 2.24) is 10.2 Å². The van der Waals surface area contributed by atoms with Crippen LogP contribution in [0.3, 0.4) is 0 Å². The summed E-state index contributed by atoms with van der Waals surface area (Å²) in [6, 6.07) is 12.1. The van der Waals surface area contributed by atoms with Gasteiger partial charge in [0.05, 0.1) is 0 Å². The van der Waals surface area contributed by atoms with Crippen LogP contribution in [-0.2, 0) is 6.54 Å². The number of carbonyl (C=O) groups excluding carboxylic acids is 1. The van der Waals surface area contributed by atoms with Crippen LogP contribution in [-0.4, -0.2) is 44.5 Å². The van der Waals surface area contributed by atoms with E-state index in [0.717, 1.165) is 50.3 Å². The Morgan fingerprint density at radius 2 is 1.92 bits per heavy atom. The Labute approximate surface area is 154 Å². The highest BCUT2D eigenvalue weighted by molar-refractivity contribution is 7.09. The summed E-state index contributed by atoms with van der Waals surface area (Å²) in [5, 5.41) is 5.25. The van der Waals surface area contributed by atoms with E-state index >= 15 is 0 Å². The molecule has 0 radical (unpaired) electrons. The summed E-state index contributed by atoms with van der Waals surface area (Å²) in [6.07, 6.45) is 2.32. The molecule has 2 aromatic rings. The molecular weight excluding hydrogens is 330 g/mol. The summed E-state index contributed by atoms with van der Waals surface area (Å²) in [5.74, 6) is 0.621. The monoisotopic (exact) mass is 357 g/mol. The fourth-order valence-electron chi connectivity index (χ4n) is 3.22. The van der Waals surface area contributed by atoms with Crippen molar-refractivity contribution in [2.24, 2.45) is 5.92 Å².